The molecule has 2 aliphatic heterocycles. The van der Waals surface area contributed by atoms with Gasteiger partial charge in [0.05, 0.1) is 11.6 Å². The highest BCUT2D eigenvalue weighted by molar-refractivity contribution is 6.05. The molecule has 6 heteroatoms. The second kappa shape index (κ2) is 8.56. The van der Waals surface area contributed by atoms with E-state index in [1.54, 1.807) is 12.1 Å². The molecule has 2 aromatic rings. The Bertz CT molecular complexity index is 931. The van der Waals surface area contributed by atoms with Gasteiger partial charge in [-0.3, -0.25) is 14.5 Å². The molecule has 0 aromatic heterocycles. The molecule has 2 heterocycles. The first-order valence-electron chi connectivity index (χ1n) is 10.6. The number of nitrogens with one attached hydrogen (secondary N) is 1. The number of carbonyl (C=O) groups excluding carboxylic acids is 2. The summed E-state index contributed by atoms with van der Waals surface area (Å²) in [6.07, 6.45) is 0.0736. The smallest absolute Gasteiger partial charge is 0.232 e. The number of anilines is 1. The van der Waals surface area contributed by atoms with Crippen LogP contribution in [-0.2, 0) is 16.1 Å². The number of piperazine rings is 1. The standard InChI is InChI=1S/C24H28FN3O2/c1-16(2)21-15-27(14-17-7-4-3-5-8-17)11-12-28(21)22(29)13-19-18-9-6-10-20(25)23(18)26-24(19)30/h3-10,16,19,21H,11-15H2,1-2H3,(H,26,30)/t19?,21-/m1/s1. The molecule has 1 fully saturated rings. The summed E-state index contributed by atoms with van der Waals surface area (Å²) < 4.78 is 14.0. The van der Waals surface area contributed by atoms with Crippen LogP contribution in [0.15, 0.2) is 48.5 Å². The van der Waals surface area contributed by atoms with E-state index in [2.05, 4.69) is 36.2 Å². The molecular weight excluding hydrogens is 381 g/mol. The van der Waals surface area contributed by atoms with Crippen LogP contribution in [0.25, 0.3) is 0 Å². The van der Waals surface area contributed by atoms with Gasteiger partial charge in [-0.15, -0.1) is 0 Å². The first kappa shape index (κ1) is 20.5. The predicted molar refractivity (Wildman–Crippen MR) is 114 cm³/mol. The van der Waals surface area contributed by atoms with Crippen LogP contribution in [0, 0.1) is 11.7 Å². The Morgan fingerprint density at radius 1 is 1.13 bits per heavy atom. The molecule has 1 saturated heterocycles. The molecule has 0 spiro atoms. The third-order valence-electron chi connectivity index (χ3n) is 6.21. The van der Waals surface area contributed by atoms with Crippen LogP contribution in [0.4, 0.5) is 10.1 Å². The van der Waals surface area contributed by atoms with Gasteiger partial charge in [0.1, 0.15) is 5.82 Å². The first-order valence-corrected chi connectivity index (χ1v) is 10.6. The number of rotatable bonds is 5. The number of nitrogens with zero attached hydrogens (tertiary/aromatic N) is 2. The zero-order valence-corrected chi connectivity index (χ0v) is 17.5. The van der Waals surface area contributed by atoms with E-state index < -0.39 is 11.7 Å². The van der Waals surface area contributed by atoms with Crippen LogP contribution >= 0.6 is 0 Å². The van der Waals surface area contributed by atoms with Crippen LogP contribution in [0.1, 0.15) is 37.3 Å². The van der Waals surface area contributed by atoms with Crippen molar-refractivity contribution in [3.05, 3.63) is 65.5 Å². The third-order valence-corrected chi connectivity index (χ3v) is 6.21. The van der Waals surface area contributed by atoms with Crippen LogP contribution in [-0.4, -0.2) is 47.3 Å². The summed E-state index contributed by atoms with van der Waals surface area (Å²) in [6, 6.07) is 15.1. The fourth-order valence-corrected chi connectivity index (χ4v) is 4.54. The number of amides is 2. The van der Waals surface area contributed by atoms with Gasteiger partial charge in [0.2, 0.25) is 11.8 Å². The van der Waals surface area contributed by atoms with E-state index in [1.807, 2.05) is 23.1 Å². The summed E-state index contributed by atoms with van der Waals surface area (Å²) in [5, 5.41) is 2.60. The quantitative estimate of drug-likeness (QED) is 0.821. The lowest BCUT2D eigenvalue weighted by Gasteiger charge is -2.43. The summed E-state index contributed by atoms with van der Waals surface area (Å²) in [6.45, 7) is 7.36. The van der Waals surface area contributed by atoms with Gasteiger partial charge < -0.3 is 10.2 Å². The van der Waals surface area contributed by atoms with Gasteiger partial charge in [-0.05, 0) is 23.1 Å². The molecule has 0 saturated carbocycles. The monoisotopic (exact) mass is 409 g/mol. The molecule has 1 N–H and O–H groups in total. The van der Waals surface area contributed by atoms with Gasteiger partial charge in [0.25, 0.3) is 0 Å². The molecule has 1 unspecified atom stereocenters. The number of fused-ring (bicyclic) bond motifs is 1. The van der Waals surface area contributed by atoms with Gasteiger partial charge >= 0.3 is 0 Å². The highest BCUT2D eigenvalue weighted by Gasteiger charge is 2.38. The van der Waals surface area contributed by atoms with Crippen molar-refractivity contribution >= 4 is 17.5 Å². The van der Waals surface area contributed by atoms with Gasteiger partial charge in [-0.1, -0.05) is 56.3 Å². The van der Waals surface area contributed by atoms with Gasteiger partial charge in [-0.25, -0.2) is 4.39 Å². The minimum Gasteiger partial charge on any atom is -0.337 e. The maximum absolute atomic E-state index is 14.0. The molecular formula is C24H28FN3O2. The van der Waals surface area contributed by atoms with Crippen molar-refractivity contribution in [2.45, 2.75) is 38.8 Å². The predicted octanol–water partition coefficient (Wildman–Crippen LogP) is 3.62. The number of hydrogen-bond donors (Lipinski definition) is 1. The fourth-order valence-electron chi connectivity index (χ4n) is 4.54. The Morgan fingerprint density at radius 3 is 2.63 bits per heavy atom. The summed E-state index contributed by atoms with van der Waals surface area (Å²) >= 11 is 0. The molecule has 158 valence electrons. The zero-order chi connectivity index (χ0) is 21.3. The second-order valence-corrected chi connectivity index (χ2v) is 8.57. The molecule has 2 atom stereocenters. The normalized spacial score (nSPS) is 21.6. The molecule has 0 aliphatic carbocycles. The Morgan fingerprint density at radius 2 is 1.90 bits per heavy atom. The van der Waals surface area contributed by atoms with Crippen molar-refractivity contribution in [2.75, 3.05) is 25.0 Å². The van der Waals surface area contributed by atoms with Crippen molar-refractivity contribution < 1.29 is 14.0 Å². The summed E-state index contributed by atoms with van der Waals surface area (Å²) in [5.74, 6) is -1.11. The molecule has 4 rings (SSSR count). The van der Waals surface area contributed by atoms with E-state index >= 15 is 0 Å². The minimum absolute atomic E-state index is 0.0367. The topological polar surface area (TPSA) is 52.7 Å². The van der Waals surface area contributed by atoms with E-state index in [-0.39, 0.29) is 30.0 Å². The van der Waals surface area contributed by atoms with E-state index in [9.17, 15) is 14.0 Å². The van der Waals surface area contributed by atoms with Crippen LogP contribution < -0.4 is 5.32 Å². The first-order chi connectivity index (χ1) is 14.4. The third kappa shape index (κ3) is 4.10. The van der Waals surface area contributed by atoms with E-state index in [4.69, 9.17) is 0 Å². The van der Waals surface area contributed by atoms with Crippen molar-refractivity contribution in [1.29, 1.82) is 0 Å². The Balaban J connectivity index is 1.45. The molecule has 2 amide bonds. The highest BCUT2D eigenvalue weighted by Crippen LogP contribution is 2.37. The number of hydrogen-bond acceptors (Lipinski definition) is 3. The molecule has 2 aliphatic rings. The number of benzene rings is 2. The zero-order valence-electron chi connectivity index (χ0n) is 17.5. The Kier molecular flexibility index (Phi) is 5.86. The van der Waals surface area contributed by atoms with E-state index in [0.29, 0.717) is 18.0 Å². The fraction of sp³-hybridized carbons (Fsp3) is 0.417. The number of halogens is 1. The summed E-state index contributed by atoms with van der Waals surface area (Å²) in [7, 11) is 0. The van der Waals surface area contributed by atoms with Gasteiger partial charge in [0, 0.05) is 38.6 Å². The van der Waals surface area contributed by atoms with Crippen molar-refractivity contribution in [3.63, 3.8) is 0 Å². The van der Waals surface area contributed by atoms with Crippen LogP contribution in [0.2, 0.25) is 0 Å². The molecule has 5 nitrogen and oxygen atoms in total. The molecule has 2 aromatic carbocycles. The summed E-state index contributed by atoms with van der Waals surface area (Å²) in [4.78, 5) is 29.9. The lowest BCUT2D eigenvalue weighted by molar-refractivity contribution is -0.139. The molecule has 0 bridgehead atoms. The Hall–Kier alpha value is -2.73. The number of para-hydroxylation sites is 1. The van der Waals surface area contributed by atoms with E-state index in [0.717, 1.165) is 19.6 Å². The lowest BCUT2D eigenvalue weighted by Crippen LogP contribution is -2.57. The Labute approximate surface area is 176 Å². The highest BCUT2D eigenvalue weighted by atomic mass is 19.1. The minimum atomic E-state index is -0.627. The summed E-state index contributed by atoms with van der Waals surface area (Å²) in [5.41, 5.74) is 2.06. The maximum atomic E-state index is 14.0. The largest absolute Gasteiger partial charge is 0.337 e. The molecule has 0 radical (unpaired) electrons. The lowest BCUT2D eigenvalue weighted by atomic mass is 9.94. The van der Waals surface area contributed by atoms with Gasteiger partial charge in [-0.2, -0.15) is 0 Å². The van der Waals surface area contributed by atoms with Crippen molar-refractivity contribution in [3.8, 4) is 0 Å². The number of carbonyl (C=O) groups is 2. The van der Waals surface area contributed by atoms with Crippen LogP contribution in [0.3, 0.4) is 0 Å². The second-order valence-electron chi connectivity index (χ2n) is 8.57. The van der Waals surface area contributed by atoms with Crippen molar-refractivity contribution in [1.82, 2.24) is 9.80 Å². The average molecular weight is 410 g/mol. The van der Waals surface area contributed by atoms with Crippen LogP contribution in [0.5, 0.6) is 0 Å². The van der Waals surface area contributed by atoms with Crippen molar-refractivity contribution in [2.24, 2.45) is 5.92 Å². The maximum Gasteiger partial charge on any atom is 0.232 e. The molecule has 30 heavy (non-hydrogen) atoms. The van der Waals surface area contributed by atoms with E-state index in [1.165, 1.54) is 11.6 Å². The average Bonchev–Trinajstić information content (AvgIpc) is 3.05. The van der Waals surface area contributed by atoms with Gasteiger partial charge in [0.15, 0.2) is 0 Å². The SMILES string of the molecule is CC(C)[C@H]1CN(Cc2ccccc2)CCN1C(=O)CC1C(=O)Nc2c(F)cccc21.